The molecule has 2 aromatic heterocycles. The highest BCUT2D eigenvalue weighted by atomic mass is 32.2. The molecular weight excluding hydrogens is 344 g/mol. The highest BCUT2D eigenvalue weighted by Gasteiger charge is 2.17. The molecule has 0 aliphatic heterocycles. The Morgan fingerprint density at radius 1 is 1.12 bits per heavy atom. The minimum atomic E-state index is -3.82. The first kappa shape index (κ1) is 17.1. The van der Waals surface area contributed by atoms with E-state index < -0.39 is 21.3 Å². The van der Waals surface area contributed by atoms with E-state index in [1.807, 2.05) is 0 Å². The van der Waals surface area contributed by atoms with Gasteiger partial charge in [-0.25, -0.2) is 17.9 Å². The molecule has 0 aliphatic carbocycles. The number of hydrogen-bond donors (Lipinski definition) is 1. The Kier molecular flexibility index (Phi) is 4.27. The summed E-state index contributed by atoms with van der Waals surface area (Å²) in [6, 6.07) is 7.57. The van der Waals surface area contributed by atoms with Crippen LogP contribution < -0.4 is 16.0 Å². The molecule has 0 saturated heterocycles. The van der Waals surface area contributed by atoms with Crippen molar-refractivity contribution in [2.24, 2.45) is 14.1 Å². The summed E-state index contributed by atoms with van der Waals surface area (Å²) in [4.78, 5) is 28.1. The van der Waals surface area contributed by atoms with Crippen LogP contribution in [0.4, 0.5) is 0 Å². The maximum absolute atomic E-state index is 12.5. The van der Waals surface area contributed by atoms with Gasteiger partial charge in [-0.15, -0.1) is 0 Å². The summed E-state index contributed by atoms with van der Waals surface area (Å²) in [5.41, 5.74) is 0.0784. The van der Waals surface area contributed by atoms with Crippen LogP contribution >= 0.6 is 0 Å². The number of fused-ring (bicyclic) bond motifs is 1. The zero-order chi connectivity index (χ0) is 18.2. The average Bonchev–Trinajstić information content (AvgIpc) is 2.63. The van der Waals surface area contributed by atoms with E-state index in [0.717, 1.165) is 4.57 Å². The van der Waals surface area contributed by atoms with Crippen molar-refractivity contribution in [1.29, 1.82) is 0 Å². The molecule has 0 aliphatic rings. The van der Waals surface area contributed by atoms with Crippen LogP contribution in [-0.2, 0) is 30.7 Å². The summed E-state index contributed by atoms with van der Waals surface area (Å²) in [5, 5.41) is 0.161. The van der Waals surface area contributed by atoms with Gasteiger partial charge in [0.15, 0.2) is 0 Å². The van der Waals surface area contributed by atoms with Crippen molar-refractivity contribution in [3.05, 3.63) is 69.1 Å². The molecule has 0 fully saturated rings. The molecule has 8 nitrogen and oxygen atoms in total. The van der Waals surface area contributed by atoms with Gasteiger partial charge in [-0.3, -0.25) is 18.9 Å². The van der Waals surface area contributed by atoms with E-state index in [0.29, 0.717) is 11.1 Å². The third kappa shape index (κ3) is 3.11. The van der Waals surface area contributed by atoms with E-state index in [1.165, 1.54) is 36.9 Å². The van der Waals surface area contributed by atoms with Crippen molar-refractivity contribution in [1.82, 2.24) is 18.8 Å². The molecule has 130 valence electrons. The van der Waals surface area contributed by atoms with E-state index in [-0.39, 0.29) is 16.8 Å². The molecular formula is C16H16N4O4S. The number of aromatic nitrogens is 3. The van der Waals surface area contributed by atoms with Gasteiger partial charge in [-0.1, -0.05) is 6.07 Å². The topological polar surface area (TPSA) is 103 Å². The summed E-state index contributed by atoms with van der Waals surface area (Å²) in [6.45, 7) is 0.0828. The van der Waals surface area contributed by atoms with E-state index in [9.17, 15) is 18.0 Å². The molecule has 0 unspecified atom stereocenters. The first-order chi connectivity index (χ1) is 11.8. The zero-order valence-electron chi connectivity index (χ0n) is 13.6. The van der Waals surface area contributed by atoms with Gasteiger partial charge in [0.05, 0.1) is 15.8 Å². The molecule has 2 heterocycles. The molecule has 25 heavy (non-hydrogen) atoms. The van der Waals surface area contributed by atoms with Crippen LogP contribution in [0.25, 0.3) is 10.9 Å². The summed E-state index contributed by atoms with van der Waals surface area (Å²) in [6.07, 6.45) is 3.16. The lowest BCUT2D eigenvalue weighted by Gasteiger charge is -2.10. The first-order valence-corrected chi connectivity index (χ1v) is 8.88. The van der Waals surface area contributed by atoms with Crippen molar-refractivity contribution in [2.45, 2.75) is 11.4 Å². The molecule has 1 aromatic carbocycles. The molecule has 0 amide bonds. The summed E-state index contributed by atoms with van der Waals surface area (Å²) >= 11 is 0. The molecule has 0 spiro atoms. The predicted octanol–water partition coefficient (Wildman–Crippen LogP) is 0.111. The normalized spacial score (nSPS) is 11.8. The zero-order valence-corrected chi connectivity index (χ0v) is 14.4. The number of nitrogens with zero attached hydrogens (tertiary/aromatic N) is 3. The number of nitrogens with one attached hydrogen (secondary N) is 1. The lowest BCUT2D eigenvalue weighted by molar-refractivity contribution is 0.581. The number of rotatable bonds is 4. The molecule has 3 rings (SSSR count). The maximum Gasteiger partial charge on any atom is 0.330 e. The van der Waals surface area contributed by atoms with Crippen LogP contribution in [0.15, 0.2) is 57.2 Å². The second kappa shape index (κ2) is 6.26. The average molecular weight is 360 g/mol. The third-order valence-electron chi connectivity index (χ3n) is 3.94. The molecule has 1 N–H and O–H groups in total. The van der Waals surface area contributed by atoms with Crippen molar-refractivity contribution >= 4 is 20.9 Å². The van der Waals surface area contributed by atoms with Crippen molar-refractivity contribution in [3.63, 3.8) is 0 Å². The lowest BCUT2D eigenvalue weighted by Crippen LogP contribution is -2.37. The molecule has 9 heteroatoms. The van der Waals surface area contributed by atoms with Crippen molar-refractivity contribution in [3.8, 4) is 0 Å². The smallest absolute Gasteiger partial charge is 0.296 e. The van der Waals surface area contributed by atoms with E-state index in [1.54, 1.807) is 24.5 Å². The largest absolute Gasteiger partial charge is 0.330 e. The Hall–Kier alpha value is -2.78. The van der Waals surface area contributed by atoms with E-state index >= 15 is 0 Å². The molecule has 0 atom stereocenters. The summed E-state index contributed by atoms with van der Waals surface area (Å²) in [5.74, 6) is 0. The van der Waals surface area contributed by atoms with Crippen LogP contribution in [0.2, 0.25) is 0 Å². The van der Waals surface area contributed by atoms with Crippen LogP contribution in [0, 0.1) is 0 Å². The number of aryl methyl sites for hydroxylation is 1. The standard InChI is InChI=1S/C16H16N4O4S/c1-19-14-6-5-12(8-13(14)15(21)20(2)16(19)22)25(23,24)18-10-11-4-3-7-17-9-11/h3-9,18H,10H2,1-2H3. The van der Waals surface area contributed by atoms with Gasteiger partial charge in [0.25, 0.3) is 5.56 Å². The van der Waals surface area contributed by atoms with Crippen LogP contribution in [0.1, 0.15) is 5.56 Å². The first-order valence-electron chi connectivity index (χ1n) is 7.39. The number of pyridine rings is 1. The lowest BCUT2D eigenvalue weighted by atomic mass is 10.2. The fraction of sp³-hybridized carbons (Fsp3) is 0.188. The molecule has 0 radical (unpaired) electrons. The van der Waals surface area contributed by atoms with Crippen LogP contribution in [-0.4, -0.2) is 22.5 Å². The third-order valence-corrected chi connectivity index (χ3v) is 5.34. The Bertz CT molecular complexity index is 1160. The number of sulfonamides is 1. The van der Waals surface area contributed by atoms with E-state index in [4.69, 9.17) is 0 Å². The second-order valence-corrected chi connectivity index (χ2v) is 7.34. The van der Waals surface area contributed by atoms with Gasteiger partial charge >= 0.3 is 5.69 Å². The fourth-order valence-corrected chi connectivity index (χ4v) is 3.55. The quantitative estimate of drug-likeness (QED) is 0.711. The highest BCUT2D eigenvalue weighted by molar-refractivity contribution is 7.89. The highest BCUT2D eigenvalue weighted by Crippen LogP contribution is 2.15. The minimum Gasteiger partial charge on any atom is -0.296 e. The van der Waals surface area contributed by atoms with Crippen LogP contribution in [0.3, 0.4) is 0 Å². The van der Waals surface area contributed by atoms with Gasteiger partial charge in [0, 0.05) is 33.0 Å². The maximum atomic E-state index is 12.5. The van der Waals surface area contributed by atoms with Gasteiger partial charge in [-0.2, -0.15) is 0 Å². The summed E-state index contributed by atoms with van der Waals surface area (Å²) in [7, 11) is -0.936. The second-order valence-electron chi connectivity index (χ2n) is 5.57. The monoisotopic (exact) mass is 360 g/mol. The van der Waals surface area contributed by atoms with Gasteiger partial charge in [-0.05, 0) is 29.8 Å². The van der Waals surface area contributed by atoms with Gasteiger partial charge in [0.1, 0.15) is 0 Å². The number of hydrogen-bond acceptors (Lipinski definition) is 5. The summed E-state index contributed by atoms with van der Waals surface area (Å²) < 4.78 is 29.7. The van der Waals surface area contributed by atoms with E-state index in [2.05, 4.69) is 9.71 Å². The Balaban J connectivity index is 2.04. The Morgan fingerprint density at radius 3 is 2.56 bits per heavy atom. The number of benzene rings is 1. The Labute approximate surface area is 143 Å². The van der Waals surface area contributed by atoms with Crippen molar-refractivity contribution in [2.75, 3.05) is 0 Å². The Morgan fingerprint density at radius 2 is 1.88 bits per heavy atom. The molecule has 3 aromatic rings. The van der Waals surface area contributed by atoms with Gasteiger partial charge in [0.2, 0.25) is 10.0 Å². The predicted molar refractivity (Wildman–Crippen MR) is 92.7 cm³/mol. The molecule has 0 bridgehead atoms. The van der Waals surface area contributed by atoms with Gasteiger partial charge < -0.3 is 0 Å². The molecule has 0 saturated carbocycles. The minimum absolute atomic E-state index is 0.0420. The SMILES string of the molecule is Cn1c(=O)c2cc(S(=O)(=O)NCc3cccnc3)ccc2n(C)c1=O. The van der Waals surface area contributed by atoms with Crippen molar-refractivity contribution < 1.29 is 8.42 Å². The van der Waals surface area contributed by atoms with Crippen LogP contribution in [0.5, 0.6) is 0 Å². The fourth-order valence-electron chi connectivity index (χ4n) is 2.51.